The molecule has 1 N–H and O–H groups in total. The summed E-state index contributed by atoms with van der Waals surface area (Å²) in [6.45, 7) is 4.31. The Morgan fingerprint density at radius 3 is 2.67 bits per heavy atom. The van der Waals surface area contributed by atoms with E-state index in [1.807, 2.05) is 19.9 Å². The summed E-state index contributed by atoms with van der Waals surface area (Å²) in [6, 6.07) is 5.55. The number of hydrogen-bond donors (Lipinski definition) is 1. The number of aryl methyl sites for hydroxylation is 1. The largest absolute Gasteiger partial charge is 0.755 e. The minimum atomic E-state index is -2.39. The van der Waals surface area contributed by atoms with Gasteiger partial charge in [-0.05, 0) is 38.3 Å². The summed E-state index contributed by atoms with van der Waals surface area (Å²) in [7, 11) is 0. The summed E-state index contributed by atoms with van der Waals surface area (Å²) >= 11 is -2.39. The monoisotopic (exact) mass is 351 g/mol. The average Bonchev–Trinajstić information content (AvgIpc) is 2.56. The topological polar surface area (TPSA) is 72.5 Å². The molecule has 1 aromatic rings. The first-order valence-electron chi connectivity index (χ1n) is 8.81. The van der Waals surface area contributed by atoms with Gasteiger partial charge in [0.15, 0.2) is 0 Å². The van der Waals surface area contributed by atoms with Gasteiger partial charge < -0.3 is 14.2 Å². The SMILES string of the molecule is CCCCN(c1ccc(C)cc1C(=O)NC1CCCCC1)S(=O)[O-]. The van der Waals surface area contributed by atoms with Crippen molar-refractivity contribution in [2.24, 2.45) is 0 Å². The van der Waals surface area contributed by atoms with E-state index in [4.69, 9.17) is 0 Å². The van der Waals surface area contributed by atoms with E-state index in [-0.39, 0.29) is 11.9 Å². The standard InChI is InChI=1S/C18H28N2O3S/c1-3-4-12-20(24(22)23)17-11-10-14(2)13-16(17)18(21)19-15-8-6-5-7-9-15/h10-11,13,15H,3-9,12H2,1-2H3,(H,19,21)(H,22,23)/p-1. The van der Waals surface area contributed by atoms with Crippen molar-refractivity contribution in [3.05, 3.63) is 29.3 Å². The number of carbonyl (C=O) groups excluding carboxylic acids is 1. The molecular weight excluding hydrogens is 324 g/mol. The Morgan fingerprint density at radius 1 is 1.33 bits per heavy atom. The van der Waals surface area contributed by atoms with E-state index in [1.165, 1.54) is 10.7 Å². The van der Waals surface area contributed by atoms with E-state index >= 15 is 0 Å². The number of unbranched alkanes of at least 4 members (excludes halogenated alkanes) is 1. The first-order chi connectivity index (χ1) is 11.5. The second kappa shape index (κ2) is 9.18. The lowest BCUT2D eigenvalue weighted by molar-refractivity contribution is 0.0928. The smallest absolute Gasteiger partial charge is 0.253 e. The molecule has 6 heteroatoms. The van der Waals surface area contributed by atoms with Crippen LogP contribution < -0.4 is 9.62 Å². The zero-order valence-corrected chi connectivity index (χ0v) is 15.4. The van der Waals surface area contributed by atoms with Crippen LogP contribution in [0.3, 0.4) is 0 Å². The maximum atomic E-state index is 12.7. The third-order valence-electron chi connectivity index (χ3n) is 4.50. The van der Waals surface area contributed by atoms with Gasteiger partial charge in [0, 0.05) is 23.9 Å². The van der Waals surface area contributed by atoms with Crippen LogP contribution in [0.15, 0.2) is 18.2 Å². The minimum absolute atomic E-state index is 0.174. The summed E-state index contributed by atoms with van der Waals surface area (Å²) in [5, 5.41) is 3.09. The summed E-state index contributed by atoms with van der Waals surface area (Å²) < 4.78 is 24.6. The molecule has 134 valence electrons. The molecule has 1 aliphatic carbocycles. The fraction of sp³-hybridized carbons (Fsp3) is 0.611. The first kappa shape index (κ1) is 18.9. The molecule has 0 saturated heterocycles. The molecule has 1 aromatic carbocycles. The number of nitrogens with one attached hydrogen (secondary N) is 1. The van der Waals surface area contributed by atoms with Crippen LogP contribution >= 0.6 is 0 Å². The molecule has 1 atom stereocenters. The highest BCUT2D eigenvalue weighted by Crippen LogP contribution is 2.25. The second-order valence-corrected chi connectivity index (χ2v) is 7.38. The molecule has 1 amide bonds. The molecule has 0 aliphatic heterocycles. The summed E-state index contributed by atoms with van der Waals surface area (Å²) in [6.07, 6.45) is 7.15. The van der Waals surface area contributed by atoms with Crippen molar-refractivity contribution in [1.82, 2.24) is 5.32 Å². The van der Waals surface area contributed by atoms with Gasteiger partial charge in [-0.1, -0.05) is 44.2 Å². The van der Waals surface area contributed by atoms with E-state index in [0.717, 1.165) is 44.1 Å². The molecule has 1 unspecified atom stereocenters. The van der Waals surface area contributed by atoms with E-state index in [2.05, 4.69) is 5.32 Å². The zero-order chi connectivity index (χ0) is 17.5. The van der Waals surface area contributed by atoms with Crippen LogP contribution in [-0.2, 0) is 11.3 Å². The number of amides is 1. The summed E-state index contributed by atoms with van der Waals surface area (Å²) in [4.78, 5) is 12.7. The van der Waals surface area contributed by atoms with Crippen LogP contribution in [-0.4, -0.2) is 27.3 Å². The third kappa shape index (κ3) is 5.05. The van der Waals surface area contributed by atoms with Gasteiger partial charge in [-0.2, -0.15) is 0 Å². The van der Waals surface area contributed by atoms with Gasteiger partial charge in [0.2, 0.25) is 0 Å². The zero-order valence-electron chi connectivity index (χ0n) is 14.5. The van der Waals surface area contributed by atoms with Crippen LogP contribution in [0.1, 0.15) is 67.8 Å². The molecule has 1 saturated carbocycles. The number of nitrogens with zero attached hydrogens (tertiary/aromatic N) is 1. The molecule has 0 aromatic heterocycles. The molecule has 1 aliphatic rings. The van der Waals surface area contributed by atoms with E-state index in [9.17, 15) is 13.6 Å². The average molecular weight is 351 g/mol. The van der Waals surface area contributed by atoms with Crippen LogP contribution in [0.5, 0.6) is 0 Å². The van der Waals surface area contributed by atoms with Gasteiger partial charge in [-0.15, -0.1) is 0 Å². The predicted molar refractivity (Wildman–Crippen MR) is 96.7 cm³/mol. The molecule has 2 rings (SSSR count). The maximum Gasteiger partial charge on any atom is 0.253 e. The fourth-order valence-electron chi connectivity index (χ4n) is 3.14. The van der Waals surface area contributed by atoms with Gasteiger partial charge in [0.05, 0.1) is 11.3 Å². The molecular formula is C18H27N2O3S-. The van der Waals surface area contributed by atoms with Gasteiger partial charge in [0.25, 0.3) is 5.91 Å². The Labute approximate surface area is 147 Å². The van der Waals surface area contributed by atoms with Crippen molar-refractivity contribution >= 4 is 22.9 Å². The van der Waals surface area contributed by atoms with Crippen LogP contribution in [0.2, 0.25) is 0 Å². The van der Waals surface area contributed by atoms with Crippen LogP contribution in [0.25, 0.3) is 0 Å². The lowest BCUT2D eigenvalue weighted by Crippen LogP contribution is -2.37. The highest BCUT2D eigenvalue weighted by atomic mass is 32.2. The number of carbonyl (C=O) groups is 1. The maximum absolute atomic E-state index is 12.7. The Balaban J connectivity index is 2.24. The number of anilines is 1. The molecule has 5 nitrogen and oxygen atoms in total. The predicted octanol–water partition coefficient (Wildman–Crippen LogP) is 3.46. The van der Waals surface area contributed by atoms with Gasteiger partial charge in [-0.3, -0.25) is 9.00 Å². The second-order valence-electron chi connectivity index (χ2n) is 6.50. The lowest BCUT2D eigenvalue weighted by atomic mass is 9.95. The Bertz CT molecular complexity index is 586. The molecule has 24 heavy (non-hydrogen) atoms. The van der Waals surface area contributed by atoms with Crippen molar-refractivity contribution in [2.75, 3.05) is 10.8 Å². The molecule has 1 fully saturated rings. The lowest BCUT2D eigenvalue weighted by Gasteiger charge is -2.29. The van der Waals surface area contributed by atoms with E-state index < -0.39 is 11.3 Å². The van der Waals surface area contributed by atoms with Crippen molar-refractivity contribution in [1.29, 1.82) is 0 Å². The van der Waals surface area contributed by atoms with E-state index in [0.29, 0.717) is 17.8 Å². The van der Waals surface area contributed by atoms with Crippen molar-refractivity contribution in [2.45, 2.75) is 64.8 Å². The fourth-order valence-corrected chi connectivity index (χ4v) is 3.73. The molecule has 0 spiro atoms. The minimum Gasteiger partial charge on any atom is -0.755 e. The quantitative estimate of drug-likeness (QED) is 0.765. The highest BCUT2D eigenvalue weighted by molar-refractivity contribution is 7.80. The van der Waals surface area contributed by atoms with E-state index in [1.54, 1.807) is 12.1 Å². The number of rotatable bonds is 7. The summed E-state index contributed by atoms with van der Waals surface area (Å²) in [5.41, 5.74) is 1.86. The Morgan fingerprint density at radius 2 is 2.04 bits per heavy atom. The van der Waals surface area contributed by atoms with Gasteiger partial charge in [0.1, 0.15) is 0 Å². The molecule has 0 bridgehead atoms. The van der Waals surface area contributed by atoms with Crippen LogP contribution in [0.4, 0.5) is 5.69 Å². The van der Waals surface area contributed by atoms with Crippen molar-refractivity contribution in [3.63, 3.8) is 0 Å². The van der Waals surface area contributed by atoms with Crippen molar-refractivity contribution < 1.29 is 13.6 Å². The Kier molecular flexibility index (Phi) is 7.24. The Hall–Kier alpha value is -1.40. The van der Waals surface area contributed by atoms with Crippen molar-refractivity contribution in [3.8, 4) is 0 Å². The highest BCUT2D eigenvalue weighted by Gasteiger charge is 2.21. The first-order valence-corrected chi connectivity index (χ1v) is 9.84. The normalized spacial score (nSPS) is 16.6. The van der Waals surface area contributed by atoms with Gasteiger partial charge in [-0.25, -0.2) is 0 Å². The number of benzene rings is 1. The molecule has 0 radical (unpaired) electrons. The summed E-state index contributed by atoms with van der Waals surface area (Å²) in [5.74, 6) is -0.174. The van der Waals surface area contributed by atoms with Crippen LogP contribution in [0, 0.1) is 6.92 Å². The molecule has 0 heterocycles. The van der Waals surface area contributed by atoms with Gasteiger partial charge >= 0.3 is 0 Å². The third-order valence-corrected chi connectivity index (χ3v) is 5.24. The number of hydrogen-bond acceptors (Lipinski definition) is 3.